The molecule has 1 aliphatic heterocycles. The average molecular weight is 320 g/mol. The summed E-state index contributed by atoms with van der Waals surface area (Å²) in [6.45, 7) is 3.04. The molecular weight excluding hydrogens is 302 g/mol. The summed E-state index contributed by atoms with van der Waals surface area (Å²) in [6, 6.07) is 7.89. The van der Waals surface area contributed by atoms with Gasteiger partial charge in [-0.3, -0.25) is 4.79 Å². The normalized spacial score (nSPS) is 17.5. The fourth-order valence-electron chi connectivity index (χ4n) is 2.69. The summed E-state index contributed by atoms with van der Waals surface area (Å²) in [5.41, 5.74) is 0. The van der Waals surface area contributed by atoms with Crippen LogP contribution in [0.5, 0.6) is 5.88 Å². The monoisotopic (exact) mass is 319 g/mol. The van der Waals surface area contributed by atoms with Crippen LogP contribution in [0, 0.1) is 0 Å². The van der Waals surface area contributed by atoms with Gasteiger partial charge in [0.25, 0.3) is 0 Å². The SMILES string of the molecule is CC(Cl)C(=O)N1CCC(Oc2nncc3ccccc23)CC1. The number of aromatic nitrogens is 2. The molecule has 1 amide bonds. The number of alkyl halides is 1. The molecule has 6 heteroatoms. The zero-order chi connectivity index (χ0) is 15.5. The van der Waals surface area contributed by atoms with Gasteiger partial charge in [0.1, 0.15) is 11.5 Å². The quantitative estimate of drug-likeness (QED) is 0.816. The van der Waals surface area contributed by atoms with Crippen molar-refractivity contribution in [2.24, 2.45) is 0 Å². The van der Waals surface area contributed by atoms with Gasteiger partial charge in [-0.2, -0.15) is 5.10 Å². The lowest BCUT2D eigenvalue weighted by Crippen LogP contribution is -2.44. The molecule has 1 aromatic carbocycles. The van der Waals surface area contributed by atoms with E-state index in [0.29, 0.717) is 19.0 Å². The summed E-state index contributed by atoms with van der Waals surface area (Å²) >= 11 is 5.85. The van der Waals surface area contributed by atoms with Gasteiger partial charge in [0.05, 0.1) is 6.20 Å². The van der Waals surface area contributed by atoms with Crippen LogP contribution in [0.1, 0.15) is 19.8 Å². The van der Waals surface area contributed by atoms with Crippen molar-refractivity contribution in [3.05, 3.63) is 30.5 Å². The summed E-state index contributed by atoms with van der Waals surface area (Å²) in [6.07, 6.45) is 3.33. The second-order valence-corrected chi connectivity index (χ2v) is 6.15. The van der Waals surface area contributed by atoms with Crippen LogP contribution in [0.25, 0.3) is 10.8 Å². The van der Waals surface area contributed by atoms with Crippen LogP contribution in [0.2, 0.25) is 0 Å². The van der Waals surface area contributed by atoms with Gasteiger partial charge in [0.2, 0.25) is 11.8 Å². The van der Waals surface area contributed by atoms with E-state index in [0.717, 1.165) is 23.6 Å². The van der Waals surface area contributed by atoms with Crippen molar-refractivity contribution in [2.75, 3.05) is 13.1 Å². The van der Waals surface area contributed by atoms with Gasteiger partial charge in [0.15, 0.2) is 0 Å². The number of piperidine rings is 1. The summed E-state index contributed by atoms with van der Waals surface area (Å²) in [4.78, 5) is 13.7. The fraction of sp³-hybridized carbons (Fsp3) is 0.438. The number of carbonyl (C=O) groups is 1. The van der Waals surface area contributed by atoms with Gasteiger partial charge in [-0.15, -0.1) is 16.7 Å². The molecule has 0 bridgehead atoms. The molecule has 0 N–H and O–H groups in total. The van der Waals surface area contributed by atoms with Gasteiger partial charge in [-0.1, -0.05) is 18.2 Å². The van der Waals surface area contributed by atoms with E-state index in [2.05, 4.69) is 10.2 Å². The van der Waals surface area contributed by atoms with Gasteiger partial charge < -0.3 is 9.64 Å². The number of fused-ring (bicyclic) bond motifs is 1. The third-order valence-corrected chi connectivity index (χ3v) is 4.10. The Bertz CT molecular complexity index is 664. The molecule has 1 saturated heterocycles. The van der Waals surface area contributed by atoms with Crippen LogP contribution in [-0.2, 0) is 4.79 Å². The van der Waals surface area contributed by atoms with Gasteiger partial charge in [-0.05, 0) is 13.0 Å². The lowest BCUT2D eigenvalue weighted by molar-refractivity contribution is -0.132. The van der Waals surface area contributed by atoms with Gasteiger partial charge >= 0.3 is 0 Å². The van der Waals surface area contributed by atoms with E-state index in [-0.39, 0.29) is 12.0 Å². The molecule has 0 spiro atoms. The van der Waals surface area contributed by atoms with Crippen molar-refractivity contribution in [1.29, 1.82) is 0 Å². The predicted molar refractivity (Wildman–Crippen MR) is 85.1 cm³/mol. The van der Waals surface area contributed by atoms with Crippen molar-refractivity contribution in [2.45, 2.75) is 31.2 Å². The van der Waals surface area contributed by atoms with E-state index < -0.39 is 5.38 Å². The summed E-state index contributed by atoms with van der Waals surface area (Å²) < 4.78 is 6.01. The number of nitrogens with zero attached hydrogens (tertiary/aromatic N) is 3. The molecule has 116 valence electrons. The van der Waals surface area contributed by atoms with Crippen molar-refractivity contribution in [3.63, 3.8) is 0 Å². The first-order valence-electron chi connectivity index (χ1n) is 7.45. The summed E-state index contributed by atoms with van der Waals surface area (Å²) in [5.74, 6) is 0.554. The Kier molecular flexibility index (Phi) is 4.43. The molecular formula is C16H18ClN3O2. The third-order valence-electron chi connectivity index (χ3n) is 3.91. The van der Waals surface area contributed by atoms with Crippen LogP contribution in [0.3, 0.4) is 0 Å². The first-order chi connectivity index (χ1) is 10.6. The molecule has 2 heterocycles. The highest BCUT2D eigenvalue weighted by molar-refractivity contribution is 6.30. The number of ether oxygens (including phenoxy) is 1. The maximum Gasteiger partial charge on any atom is 0.241 e. The molecule has 0 radical (unpaired) electrons. The predicted octanol–water partition coefficient (Wildman–Crippen LogP) is 2.63. The number of amides is 1. The first-order valence-corrected chi connectivity index (χ1v) is 7.89. The zero-order valence-corrected chi connectivity index (χ0v) is 13.2. The molecule has 5 nitrogen and oxygen atoms in total. The van der Waals surface area contributed by atoms with Gasteiger partial charge in [-0.25, -0.2) is 0 Å². The molecule has 1 fully saturated rings. The Hall–Kier alpha value is -1.88. The fourth-order valence-corrected chi connectivity index (χ4v) is 2.83. The average Bonchev–Trinajstić information content (AvgIpc) is 2.55. The third kappa shape index (κ3) is 3.14. The van der Waals surface area contributed by atoms with Crippen molar-refractivity contribution in [1.82, 2.24) is 15.1 Å². The minimum absolute atomic E-state index is 0.00920. The topological polar surface area (TPSA) is 55.3 Å². The molecule has 22 heavy (non-hydrogen) atoms. The highest BCUT2D eigenvalue weighted by Gasteiger charge is 2.26. The Morgan fingerprint density at radius 1 is 1.36 bits per heavy atom. The van der Waals surface area contributed by atoms with Gasteiger partial charge in [0, 0.05) is 36.7 Å². The maximum atomic E-state index is 11.9. The van der Waals surface area contributed by atoms with Crippen LogP contribution in [-0.4, -0.2) is 45.6 Å². The van der Waals surface area contributed by atoms with E-state index in [1.165, 1.54) is 0 Å². The number of likely N-dealkylation sites (tertiary alicyclic amines) is 1. The van der Waals surface area contributed by atoms with Crippen LogP contribution < -0.4 is 4.74 Å². The molecule has 1 unspecified atom stereocenters. The van der Waals surface area contributed by atoms with E-state index in [1.807, 2.05) is 24.3 Å². The highest BCUT2D eigenvalue weighted by Crippen LogP contribution is 2.25. The largest absolute Gasteiger partial charge is 0.473 e. The van der Waals surface area contributed by atoms with Crippen LogP contribution >= 0.6 is 11.6 Å². The second-order valence-electron chi connectivity index (χ2n) is 5.50. The second kappa shape index (κ2) is 6.48. The smallest absolute Gasteiger partial charge is 0.241 e. The first kappa shape index (κ1) is 15.0. The lowest BCUT2D eigenvalue weighted by atomic mass is 10.1. The number of rotatable bonds is 3. The lowest BCUT2D eigenvalue weighted by Gasteiger charge is -2.32. The van der Waals surface area contributed by atoms with E-state index in [9.17, 15) is 4.79 Å². The Balaban J connectivity index is 1.66. The zero-order valence-electron chi connectivity index (χ0n) is 12.4. The molecule has 2 aromatic rings. The molecule has 0 saturated carbocycles. The van der Waals surface area contributed by atoms with E-state index in [4.69, 9.17) is 16.3 Å². The van der Waals surface area contributed by atoms with Crippen molar-refractivity contribution >= 4 is 28.3 Å². The Labute approximate surface area is 134 Å². The van der Waals surface area contributed by atoms with E-state index >= 15 is 0 Å². The highest BCUT2D eigenvalue weighted by atomic mass is 35.5. The summed E-state index contributed by atoms with van der Waals surface area (Å²) in [5, 5.41) is 9.60. The number of carbonyl (C=O) groups excluding carboxylic acids is 1. The molecule has 0 aliphatic carbocycles. The Morgan fingerprint density at radius 3 is 2.82 bits per heavy atom. The van der Waals surface area contributed by atoms with E-state index in [1.54, 1.807) is 18.0 Å². The van der Waals surface area contributed by atoms with Crippen molar-refractivity contribution < 1.29 is 9.53 Å². The maximum absolute atomic E-state index is 11.9. The number of benzene rings is 1. The molecule has 3 rings (SSSR count). The minimum atomic E-state index is -0.471. The van der Waals surface area contributed by atoms with Crippen molar-refractivity contribution in [3.8, 4) is 5.88 Å². The number of hydrogen-bond donors (Lipinski definition) is 0. The number of halogens is 1. The molecule has 1 aliphatic rings. The summed E-state index contributed by atoms with van der Waals surface area (Å²) in [7, 11) is 0. The van der Waals surface area contributed by atoms with Crippen LogP contribution in [0.4, 0.5) is 0 Å². The molecule has 1 atom stereocenters. The Morgan fingerprint density at radius 2 is 2.09 bits per heavy atom. The molecule has 1 aromatic heterocycles. The standard InChI is InChI=1S/C16H18ClN3O2/c1-11(17)16(21)20-8-6-13(7-9-20)22-15-14-5-3-2-4-12(14)10-18-19-15/h2-5,10-11,13H,6-9H2,1H3. The number of hydrogen-bond acceptors (Lipinski definition) is 4. The van der Waals surface area contributed by atoms with Crippen LogP contribution in [0.15, 0.2) is 30.5 Å². The minimum Gasteiger partial charge on any atom is -0.473 e.